The predicted octanol–water partition coefficient (Wildman–Crippen LogP) is 6.51. The van der Waals surface area contributed by atoms with Gasteiger partial charge in [0.2, 0.25) is 5.91 Å². The molecule has 2 fully saturated rings. The van der Waals surface area contributed by atoms with Crippen LogP contribution in [0.2, 0.25) is 10.0 Å². The number of carbonyl (C=O) groups is 2. The number of rotatable bonds is 14. The predicted molar refractivity (Wildman–Crippen MR) is 198 cm³/mol. The zero-order valence-corrected chi connectivity index (χ0v) is 30.8. The average Bonchev–Trinajstić information content (AvgIpc) is 3.58. The summed E-state index contributed by atoms with van der Waals surface area (Å²) in [4.78, 5) is 32.4. The lowest BCUT2D eigenvalue weighted by atomic mass is 9.72. The Labute approximate surface area is 301 Å². The number of halogens is 2. The van der Waals surface area contributed by atoms with Gasteiger partial charge in [0, 0.05) is 42.7 Å². The highest BCUT2D eigenvalue weighted by Gasteiger charge is 2.44. The summed E-state index contributed by atoms with van der Waals surface area (Å²) in [5.41, 5.74) is 2.54. The van der Waals surface area contributed by atoms with Crippen molar-refractivity contribution in [2.75, 3.05) is 66.6 Å². The first-order valence-corrected chi connectivity index (χ1v) is 18.2. The molecule has 5 rings (SSSR count). The minimum atomic E-state index is -0.573. The van der Waals surface area contributed by atoms with Gasteiger partial charge in [0.25, 0.3) is 5.91 Å². The van der Waals surface area contributed by atoms with Crippen molar-refractivity contribution in [1.82, 2.24) is 20.4 Å². The van der Waals surface area contributed by atoms with E-state index >= 15 is 0 Å². The van der Waals surface area contributed by atoms with Gasteiger partial charge < -0.3 is 29.9 Å². The number of nitrogens with one attached hydrogen (secondary N) is 2. The van der Waals surface area contributed by atoms with E-state index < -0.39 is 10.8 Å². The highest BCUT2D eigenvalue weighted by Crippen LogP contribution is 2.41. The van der Waals surface area contributed by atoms with Crippen molar-refractivity contribution < 1.29 is 19.1 Å². The Morgan fingerprint density at radius 1 is 0.898 bits per heavy atom. The molecule has 2 aliphatic heterocycles. The molecule has 0 radical (unpaired) electrons. The maximum atomic E-state index is 14.2. The van der Waals surface area contributed by atoms with E-state index in [9.17, 15) is 9.59 Å². The third-order valence-corrected chi connectivity index (χ3v) is 11.4. The molecule has 2 saturated heterocycles. The summed E-state index contributed by atoms with van der Waals surface area (Å²) >= 11 is 12.9. The van der Waals surface area contributed by atoms with Crippen LogP contribution in [0.5, 0.6) is 11.5 Å². The highest BCUT2D eigenvalue weighted by molar-refractivity contribution is 6.42. The van der Waals surface area contributed by atoms with Gasteiger partial charge >= 0.3 is 0 Å². The molecule has 8 nitrogen and oxygen atoms in total. The Morgan fingerprint density at radius 3 is 2.18 bits per heavy atom. The van der Waals surface area contributed by atoms with Crippen molar-refractivity contribution in [2.24, 2.45) is 0 Å². The molecule has 49 heavy (non-hydrogen) atoms. The number of likely N-dealkylation sites (N-methyl/N-ethyl adjacent to an activating group) is 1. The van der Waals surface area contributed by atoms with Gasteiger partial charge in [-0.1, -0.05) is 73.4 Å². The van der Waals surface area contributed by atoms with E-state index in [1.165, 1.54) is 0 Å². The van der Waals surface area contributed by atoms with E-state index in [1.54, 1.807) is 14.2 Å². The van der Waals surface area contributed by atoms with Gasteiger partial charge in [0.05, 0.1) is 29.7 Å². The number of nitrogens with zero attached hydrogens (tertiary/aromatic N) is 2. The Hall–Kier alpha value is -3.30. The Kier molecular flexibility index (Phi) is 12.5. The summed E-state index contributed by atoms with van der Waals surface area (Å²) < 4.78 is 11.6. The van der Waals surface area contributed by atoms with Gasteiger partial charge in [0.15, 0.2) is 0 Å². The second-order valence-electron chi connectivity index (χ2n) is 13.2. The van der Waals surface area contributed by atoms with Crippen LogP contribution in [0.4, 0.5) is 0 Å². The third kappa shape index (κ3) is 8.04. The van der Waals surface area contributed by atoms with E-state index in [0.717, 1.165) is 75.1 Å². The summed E-state index contributed by atoms with van der Waals surface area (Å²) in [5, 5.41) is 7.67. The molecule has 0 spiro atoms. The third-order valence-electron chi connectivity index (χ3n) is 10.7. The summed E-state index contributed by atoms with van der Waals surface area (Å²) in [6.45, 7) is 10.2. The fourth-order valence-corrected chi connectivity index (χ4v) is 7.94. The fourth-order valence-electron chi connectivity index (χ4n) is 7.64. The quantitative estimate of drug-likeness (QED) is 0.199. The average molecular weight is 710 g/mol. The smallest absolute Gasteiger partial charge is 0.254 e. The van der Waals surface area contributed by atoms with Gasteiger partial charge in [0.1, 0.15) is 11.5 Å². The van der Waals surface area contributed by atoms with Crippen molar-refractivity contribution in [2.45, 2.75) is 56.8 Å². The van der Waals surface area contributed by atoms with Crippen LogP contribution in [-0.2, 0) is 22.0 Å². The maximum absolute atomic E-state index is 14.2. The van der Waals surface area contributed by atoms with E-state index in [4.69, 9.17) is 32.7 Å². The molecule has 10 heteroatoms. The number of benzene rings is 3. The van der Waals surface area contributed by atoms with Crippen LogP contribution in [0.25, 0.3) is 0 Å². The molecule has 264 valence electrons. The second kappa shape index (κ2) is 16.6. The standard InChI is InChI=1S/C39H50Cl2N4O4/c1-5-44(6-2)22-14-31-34(48-3)24-28(25-35(31)49-4)36(46)45-23-18-38(27-45,30-12-13-32(40)33(41)26-30)15-21-43-37(47)39(16-19-42-20-17-39)29-10-8-7-9-11-29/h7-13,24-26,42H,5-6,14-23,27H2,1-4H3,(H,43,47). The summed E-state index contributed by atoms with van der Waals surface area (Å²) in [7, 11) is 3.27. The van der Waals surface area contributed by atoms with Gasteiger partial charge in [-0.15, -0.1) is 0 Å². The molecule has 1 unspecified atom stereocenters. The topological polar surface area (TPSA) is 83.1 Å². The monoisotopic (exact) mass is 708 g/mol. The van der Waals surface area contributed by atoms with Crippen LogP contribution < -0.4 is 20.1 Å². The van der Waals surface area contributed by atoms with Crippen molar-refractivity contribution in [3.63, 3.8) is 0 Å². The van der Waals surface area contributed by atoms with E-state index in [2.05, 4.69) is 41.5 Å². The van der Waals surface area contributed by atoms with E-state index in [0.29, 0.717) is 53.2 Å². The van der Waals surface area contributed by atoms with Crippen LogP contribution in [-0.4, -0.2) is 88.2 Å². The first-order valence-electron chi connectivity index (χ1n) is 17.5. The molecule has 0 saturated carbocycles. The van der Waals surface area contributed by atoms with Crippen LogP contribution in [0, 0.1) is 0 Å². The van der Waals surface area contributed by atoms with Gasteiger partial charge in [-0.2, -0.15) is 0 Å². The summed E-state index contributed by atoms with van der Waals surface area (Å²) in [6, 6.07) is 19.5. The highest BCUT2D eigenvalue weighted by atomic mass is 35.5. The lowest BCUT2D eigenvalue weighted by molar-refractivity contribution is -0.127. The van der Waals surface area contributed by atoms with Crippen molar-refractivity contribution in [3.8, 4) is 11.5 Å². The minimum Gasteiger partial charge on any atom is -0.496 e. The molecule has 0 aromatic heterocycles. The van der Waals surface area contributed by atoms with Gasteiger partial charge in [-0.25, -0.2) is 0 Å². The van der Waals surface area contributed by atoms with Gasteiger partial charge in [-0.3, -0.25) is 9.59 Å². The summed E-state index contributed by atoms with van der Waals surface area (Å²) in [6.07, 6.45) is 3.59. The number of ether oxygens (including phenoxy) is 2. The molecule has 3 aromatic carbocycles. The molecule has 0 bridgehead atoms. The number of hydrogen-bond donors (Lipinski definition) is 2. The van der Waals surface area contributed by atoms with E-state index in [-0.39, 0.29) is 11.8 Å². The Morgan fingerprint density at radius 2 is 1.57 bits per heavy atom. The molecule has 0 aliphatic carbocycles. The Balaban J connectivity index is 1.37. The van der Waals surface area contributed by atoms with Gasteiger partial charge in [-0.05, 0) is 93.7 Å². The Bertz CT molecular complexity index is 1570. The van der Waals surface area contributed by atoms with Crippen LogP contribution in [0.15, 0.2) is 60.7 Å². The van der Waals surface area contributed by atoms with Crippen LogP contribution in [0.3, 0.4) is 0 Å². The lowest BCUT2D eigenvalue weighted by Gasteiger charge is -2.37. The SMILES string of the molecule is CCN(CC)CCc1c(OC)cc(C(=O)N2CCC(CCNC(=O)C3(c4ccccc4)CCNCC3)(c3ccc(Cl)c(Cl)c3)C2)cc1OC. The van der Waals surface area contributed by atoms with Crippen molar-refractivity contribution >= 4 is 35.0 Å². The zero-order valence-electron chi connectivity index (χ0n) is 29.2. The molecule has 2 heterocycles. The molecule has 2 amide bonds. The molecular formula is C39H50Cl2N4O4. The molecule has 2 N–H and O–H groups in total. The lowest BCUT2D eigenvalue weighted by Crippen LogP contribution is -2.51. The molecular weight excluding hydrogens is 659 g/mol. The second-order valence-corrected chi connectivity index (χ2v) is 14.0. The number of hydrogen-bond acceptors (Lipinski definition) is 6. The maximum Gasteiger partial charge on any atom is 0.254 e. The van der Waals surface area contributed by atoms with Crippen molar-refractivity contribution in [3.05, 3.63) is 93.0 Å². The largest absolute Gasteiger partial charge is 0.496 e. The molecule has 1 atom stereocenters. The minimum absolute atomic E-state index is 0.0516. The number of methoxy groups -OCH3 is 2. The van der Waals surface area contributed by atoms with Crippen molar-refractivity contribution in [1.29, 1.82) is 0 Å². The fraction of sp³-hybridized carbons (Fsp3) is 0.487. The zero-order chi connectivity index (χ0) is 35.0. The molecule has 3 aromatic rings. The number of carbonyl (C=O) groups excluding carboxylic acids is 2. The number of amides is 2. The normalized spacial score (nSPS) is 18.8. The first kappa shape index (κ1) is 37.0. The first-order chi connectivity index (χ1) is 23.7. The number of likely N-dealkylation sites (tertiary alicyclic amines) is 1. The van der Waals surface area contributed by atoms with Crippen LogP contribution >= 0.6 is 23.2 Å². The molecule has 2 aliphatic rings. The summed E-state index contributed by atoms with van der Waals surface area (Å²) in [5.74, 6) is 1.27. The number of piperidine rings is 1. The van der Waals surface area contributed by atoms with Crippen LogP contribution in [0.1, 0.15) is 66.6 Å². The van der Waals surface area contributed by atoms with E-state index in [1.807, 2.05) is 53.4 Å².